The Morgan fingerprint density at radius 3 is 2.11 bits per heavy atom. The number of hydrogen-bond donors (Lipinski definition) is 1. The van der Waals surface area contributed by atoms with Gasteiger partial charge in [0.2, 0.25) is 15.9 Å². The Balaban J connectivity index is 1.92. The number of rotatable bonds is 8. The molecule has 0 aromatic heterocycles. The van der Waals surface area contributed by atoms with Crippen LogP contribution < -0.4 is 5.32 Å². The van der Waals surface area contributed by atoms with Crippen molar-refractivity contribution in [3.63, 3.8) is 0 Å². The van der Waals surface area contributed by atoms with Crippen molar-refractivity contribution in [2.45, 2.75) is 57.9 Å². The van der Waals surface area contributed by atoms with Crippen LogP contribution in [-0.2, 0) is 14.8 Å². The second-order valence-electron chi connectivity index (χ2n) is 8.16. The van der Waals surface area contributed by atoms with Crippen LogP contribution in [-0.4, -0.2) is 62.3 Å². The Morgan fingerprint density at radius 1 is 1.04 bits per heavy atom. The van der Waals surface area contributed by atoms with Crippen LogP contribution in [0, 0.1) is 5.92 Å². The van der Waals surface area contributed by atoms with Gasteiger partial charge in [0, 0.05) is 32.2 Å². The van der Waals surface area contributed by atoms with E-state index in [1.807, 2.05) is 24.0 Å². The zero-order valence-corrected chi connectivity index (χ0v) is 18.6. The van der Waals surface area contributed by atoms with Gasteiger partial charge in [0.05, 0.1) is 11.4 Å². The molecular weight excluding hydrogens is 374 g/mol. The van der Waals surface area contributed by atoms with Gasteiger partial charge in [-0.3, -0.25) is 9.69 Å². The van der Waals surface area contributed by atoms with Gasteiger partial charge in [0.1, 0.15) is 0 Å². The highest BCUT2D eigenvalue weighted by molar-refractivity contribution is 7.89. The van der Waals surface area contributed by atoms with Gasteiger partial charge in [-0.1, -0.05) is 39.8 Å². The number of carbonyl (C=O) groups is 1. The first kappa shape index (κ1) is 22.8. The molecule has 1 aromatic carbocycles. The van der Waals surface area contributed by atoms with Crippen LogP contribution in [0.1, 0.15) is 52.5 Å². The summed E-state index contributed by atoms with van der Waals surface area (Å²) >= 11 is 0. The number of benzene rings is 1. The summed E-state index contributed by atoms with van der Waals surface area (Å²) in [5, 5.41) is 3.00. The second kappa shape index (κ2) is 9.85. The second-order valence-corrected chi connectivity index (χ2v) is 10.1. The van der Waals surface area contributed by atoms with Gasteiger partial charge in [0.15, 0.2) is 0 Å². The fourth-order valence-corrected chi connectivity index (χ4v) is 4.57. The smallest absolute Gasteiger partial charge is 0.243 e. The lowest BCUT2D eigenvalue weighted by molar-refractivity contribution is -0.123. The van der Waals surface area contributed by atoms with E-state index in [9.17, 15) is 13.2 Å². The molecule has 0 unspecified atom stereocenters. The van der Waals surface area contributed by atoms with Crippen LogP contribution in [0.2, 0.25) is 0 Å². The molecule has 7 heteroatoms. The monoisotopic (exact) mass is 409 g/mol. The molecule has 1 aliphatic rings. The molecule has 1 saturated heterocycles. The Morgan fingerprint density at radius 2 is 1.61 bits per heavy atom. The van der Waals surface area contributed by atoms with Crippen molar-refractivity contribution in [2.24, 2.45) is 5.92 Å². The fourth-order valence-electron chi connectivity index (χ4n) is 3.15. The molecule has 1 N–H and O–H groups in total. The molecule has 0 spiro atoms. The lowest BCUT2D eigenvalue weighted by Crippen LogP contribution is -2.51. The van der Waals surface area contributed by atoms with Crippen molar-refractivity contribution in [1.82, 2.24) is 14.5 Å². The van der Waals surface area contributed by atoms with Gasteiger partial charge < -0.3 is 5.32 Å². The highest BCUT2D eigenvalue weighted by atomic mass is 32.2. The maximum atomic E-state index is 12.9. The van der Waals surface area contributed by atoms with Crippen molar-refractivity contribution in [3.8, 4) is 0 Å². The van der Waals surface area contributed by atoms with Crippen LogP contribution in [0.15, 0.2) is 29.2 Å². The number of hydrogen-bond acceptors (Lipinski definition) is 4. The minimum absolute atomic E-state index is 0.00172. The summed E-state index contributed by atoms with van der Waals surface area (Å²) in [7, 11) is -3.49. The molecule has 1 fully saturated rings. The van der Waals surface area contributed by atoms with E-state index >= 15 is 0 Å². The van der Waals surface area contributed by atoms with Crippen LogP contribution in [0.4, 0.5) is 0 Å². The van der Waals surface area contributed by atoms with E-state index in [2.05, 4.69) is 33.0 Å². The van der Waals surface area contributed by atoms with E-state index in [0.717, 1.165) is 12.0 Å². The molecule has 1 aromatic rings. The third-order valence-electron chi connectivity index (χ3n) is 5.79. The van der Waals surface area contributed by atoms with Gasteiger partial charge in [0.25, 0.3) is 0 Å². The summed E-state index contributed by atoms with van der Waals surface area (Å²) in [6.45, 7) is 12.7. The number of amides is 1. The molecule has 1 aliphatic heterocycles. The van der Waals surface area contributed by atoms with E-state index in [1.54, 1.807) is 12.1 Å². The van der Waals surface area contributed by atoms with Crippen LogP contribution >= 0.6 is 0 Å². The van der Waals surface area contributed by atoms with E-state index in [0.29, 0.717) is 49.5 Å². The zero-order chi connectivity index (χ0) is 20.9. The summed E-state index contributed by atoms with van der Waals surface area (Å²) in [4.78, 5) is 14.5. The molecular formula is C21H35N3O3S. The van der Waals surface area contributed by atoms with Gasteiger partial charge in [-0.25, -0.2) is 8.42 Å². The topological polar surface area (TPSA) is 69.7 Å². The molecule has 0 radical (unpaired) electrons. The Kier molecular flexibility index (Phi) is 8.04. The normalized spacial score (nSPS) is 18.8. The van der Waals surface area contributed by atoms with E-state index in [4.69, 9.17) is 0 Å². The summed E-state index contributed by atoms with van der Waals surface area (Å²) in [6, 6.07) is 7.38. The van der Waals surface area contributed by atoms with Crippen molar-refractivity contribution in [2.75, 3.05) is 32.7 Å². The molecule has 1 heterocycles. The van der Waals surface area contributed by atoms with Crippen LogP contribution in [0.5, 0.6) is 0 Å². The summed E-state index contributed by atoms with van der Waals surface area (Å²) < 4.78 is 27.4. The van der Waals surface area contributed by atoms with Crippen LogP contribution in [0.25, 0.3) is 0 Å². The average Bonchev–Trinajstić information content (AvgIpc) is 2.67. The standard InChI is InChI=1S/C21H35N3O3S/c1-6-17(4)19-7-9-20(10-8-19)28(26,27)24-13-11-23(12-14-24)15-21(25)22-18(5)16(2)3/h7-10,16-18H,6,11-15H2,1-5H3,(H,22,25)/t17-,18-/m0/s1. The quantitative estimate of drug-likeness (QED) is 0.717. The lowest BCUT2D eigenvalue weighted by atomic mass is 9.99. The maximum absolute atomic E-state index is 12.9. The predicted octanol–water partition coefficient (Wildman–Crippen LogP) is 2.67. The summed E-state index contributed by atoms with van der Waals surface area (Å²) in [5.41, 5.74) is 1.16. The lowest BCUT2D eigenvalue weighted by Gasteiger charge is -2.33. The summed E-state index contributed by atoms with van der Waals surface area (Å²) in [6.07, 6.45) is 1.03. The molecule has 2 rings (SSSR count). The number of piperazine rings is 1. The van der Waals surface area contributed by atoms with E-state index in [1.165, 1.54) is 4.31 Å². The molecule has 1 amide bonds. The molecule has 0 aliphatic carbocycles. The number of nitrogens with one attached hydrogen (secondary N) is 1. The average molecular weight is 410 g/mol. The summed E-state index contributed by atoms with van der Waals surface area (Å²) in [5.74, 6) is 0.806. The molecule has 158 valence electrons. The van der Waals surface area contributed by atoms with Gasteiger partial charge in [-0.2, -0.15) is 4.31 Å². The highest BCUT2D eigenvalue weighted by Crippen LogP contribution is 2.23. The highest BCUT2D eigenvalue weighted by Gasteiger charge is 2.29. The number of nitrogens with zero attached hydrogens (tertiary/aromatic N) is 2. The Hall–Kier alpha value is -1.44. The fraction of sp³-hybridized carbons (Fsp3) is 0.667. The first-order chi connectivity index (χ1) is 13.1. The molecule has 0 saturated carbocycles. The third-order valence-corrected chi connectivity index (χ3v) is 7.70. The first-order valence-corrected chi connectivity index (χ1v) is 11.7. The number of sulfonamides is 1. The largest absolute Gasteiger partial charge is 0.352 e. The van der Waals surface area contributed by atoms with E-state index in [-0.39, 0.29) is 11.9 Å². The third kappa shape index (κ3) is 5.78. The maximum Gasteiger partial charge on any atom is 0.243 e. The van der Waals surface area contributed by atoms with Crippen molar-refractivity contribution in [1.29, 1.82) is 0 Å². The van der Waals surface area contributed by atoms with Crippen molar-refractivity contribution < 1.29 is 13.2 Å². The molecule has 6 nitrogen and oxygen atoms in total. The van der Waals surface area contributed by atoms with Crippen LogP contribution in [0.3, 0.4) is 0 Å². The predicted molar refractivity (Wildman–Crippen MR) is 113 cm³/mol. The van der Waals surface area contributed by atoms with Crippen molar-refractivity contribution in [3.05, 3.63) is 29.8 Å². The Bertz CT molecular complexity index is 739. The minimum atomic E-state index is -3.49. The zero-order valence-electron chi connectivity index (χ0n) is 17.8. The molecule has 2 atom stereocenters. The van der Waals surface area contributed by atoms with Gasteiger partial charge in [-0.05, 0) is 42.9 Å². The minimum Gasteiger partial charge on any atom is -0.352 e. The molecule has 0 bridgehead atoms. The first-order valence-electron chi connectivity index (χ1n) is 10.3. The van der Waals surface area contributed by atoms with Crippen molar-refractivity contribution >= 4 is 15.9 Å². The SMILES string of the molecule is CC[C@H](C)c1ccc(S(=O)(=O)N2CCN(CC(=O)N[C@@H](C)C(C)C)CC2)cc1. The number of carbonyl (C=O) groups excluding carboxylic acids is 1. The molecule has 28 heavy (non-hydrogen) atoms. The Labute approximate surface area is 170 Å². The van der Waals surface area contributed by atoms with Gasteiger partial charge in [-0.15, -0.1) is 0 Å². The van der Waals surface area contributed by atoms with E-state index < -0.39 is 10.0 Å². The van der Waals surface area contributed by atoms with Gasteiger partial charge >= 0.3 is 0 Å².